The summed E-state index contributed by atoms with van der Waals surface area (Å²) in [4.78, 5) is 11.8. The number of carbonyl (C=O) groups excluding carboxylic acids is 1. The lowest BCUT2D eigenvalue weighted by Gasteiger charge is -2.22. The molecule has 0 radical (unpaired) electrons. The number of nitrogens with one attached hydrogen (secondary N) is 1. The molecular weight excluding hydrogens is 312 g/mol. The van der Waals surface area contributed by atoms with Crippen LogP contribution in [0, 0.1) is 0 Å². The van der Waals surface area contributed by atoms with Crippen LogP contribution in [0.25, 0.3) is 0 Å². The Morgan fingerprint density at radius 2 is 1.95 bits per heavy atom. The molecule has 1 amide bonds. The minimum atomic E-state index is -3.84. The zero-order chi connectivity index (χ0) is 15.5. The highest BCUT2D eigenvalue weighted by molar-refractivity contribution is 7.92. The summed E-state index contributed by atoms with van der Waals surface area (Å²) in [7, 11) is -3.84. The van der Waals surface area contributed by atoms with Crippen molar-refractivity contribution in [1.82, 2.24) is 5.32 Å². The van der Waals surface area contributed by atoms with Crippen LogP contribution in [0.2, 0.25) is 5.02 Å². The number of hydrogen-bond donors (Lipinski definition) is 2. The molecule has 0 heterocycles. The number of carbonyl (C=O) groups is 1. The van der Waals surface area contributed by atoms with Crippen molar-refractivity contribution in [2.75, 3.05) is 11.5 Å². The number of hydrogen-bond acceptors (Lipinski definition) is 4. The fourth-order valence-electron chi connectivity index (χ4n) is 2.61. The molecule has 1 aliphatic carbocycles. The van der Waals surface area contributed by atoms with E-state index in [4.69, 9.17) is 17.3 Å². The number of benzene rings is 1. The van der Waals surface area contributed by atoms with Crippen LogP contribution in [0.5, 0.6) is 0 Å². The molecule has 5 nitrogen and oxygen atoms in total. The summed E-state index contributed by atoms with van der Waals surface area (Å²) >= 11 is 5.90. The van der Waals surface area contributed by atoms with E-state index in [9.17, 15) is 13.2 Å². The summed E-state index contributed by atoms with van der Waals surface area (Å²) in [5.74, 6) is -1.13. The van der Waals surface area contributed by atoms with Gasteiger partial charge in [-0.25, -0.2) is 8.42 Å². The average molecular weight is 331 g/mol. The molecule has 7 heteroatoms. The highest BCUT2D eigenvalue weighted by Gasteiger charge is 2.26. The molecule has 1 aliphatic rings. The topological polar surface area (TPSA) is 89.3 Å². The highest BCUT2D eigenvalue weighted by atomic mass is 35.5. The smallest absolute Gasteiger partial charge is 0.235 e. The molecule has 116 valence electrons. The predicted molar refractivity (Wildman–Crippen MR) is 82.9 cm³/mol. The van der Waals surface area contributed by atoms with Crippen LogP contribution in [0.15, 0.2) is 23.1 Å². The third kappa shape index (κ3) is 4.11. The second-order valence-corrected chi connectivity index (χ2v) is 7.65. The first kappa shape index (κ1) is 16.1. The molecule has 21 heavy (non-hydrogen) atoms. The van der Waals surface area contributed by atoms with Crippen molar-refractivity contribution < 1.29 is 13.2 Å². The number of halogens is 1. The summed E-state index contributed by atoms with van der Waals surface area (Å²) in [6, 6.07) is 4.55. The van der Waals surface area contributed by atoms with Crippen LogP contribution < -0.4 is 11.1 Å². The lowest BCUT2D eigenvalue weighted by atomic mass is 9.95. The van der Waals surface area contributed by atoms with Crippen molar-refractivity contribution in [2.24, 2.45) is 0 Å². The summed E-state index contributed by atoms with van der Waals surface area (Å²) in [6.07, 6.45) is 5.10. The molecule has 0 aromatic heterocycles. The number of nitrogens with two attached hydrogens (primary N) is 1. The Hall–Kier alpha value is -1.27. The number of anilines is 1. The van der Waals surface area contributed by atoms with E-state index in [2.05, 4.69) is 5.32 Å². The minimum absolute atomic E-state index is 0.0421. The average Bonchev–Trinajstić information content (AvgIpc) is 2.38. The van der Waals surface area contributed by atoms with E-state index in [-0.39, 0.29) is 21.6 Å². The van der Waals surface area contributed by atoms with Crippen molar-refractivity contribution in [3.63, 3.8) is 0 Å². The van der Waals surface area contributed by atoms with Gasteiger partial charge in [0.05, 0.1) is 10.7 Å². The number of sulfone groups is 1. The van der Waals surface area contributed by atoms with Gasteiger partial charge in [0.2, 0.25) is 5.91 Å². The third-order valence-electron chi connectivity index (χ3n) is 3.60. The van der Waals surface area contributed by atoms with E-state index in [1.807, 2.05) is 0 Å². The van der Waals surface area contributed by atoms with Gasteiger partial charge in [0.25, 0.3) is 0 Å². The van der Waals surface area contributed by atoms with Crippen LogP contribution in [0.3, 0.4) is 0 Å². The third-order valence-corrected chi connectivity index (χ3v) is 5.75. The summed E-state index contributed by atoms with van der Waals surface area (Å²) in [5.41, 5.74) is 5.74. The summed E-state index contributed by atoms with van der Waals surface area (Å²) < 4.78 is 24.6. The maximum Gasteiger partial charge on any atom is 0.235 e. The van der Waals surface area contributed by atoms with E-state index < -0.39 is 21.5 Å². The van der Waals surface area contributed by atoms with Crippen molar-refractivity contribution in [1.29, 1.82) is 0 Å². The van der Waals surface area contributed by atoms with Gasteiger partial charge >= 0.3 is 0 Å². The first-order valence-electron chi connectivity index (χ1n) is 6.96. The quantitative estimate of drug-likeness (QED) is 0.828. The second-order valence-electron chi connectivity index (χ2n) is 5.32. The van der Waals surface area contributed by atoms with Gasteiger partial charge in [-0.2, -0.15) is 0 Å². The summed E-state index contributed by atoms with van der Waals surface area (Å²) in [6.45, 7) is 0. The highest BCUT2D eigenvalue weighted by Crippen LogP contribution is 2.28. The zero-order valence-electron chi connectivity index (χ0n) is 11.6. The first-order chi connectivity index (χ1) is 9.90. The maximum absolute atomic E-state index is 12.3. The molecule has 0 saturated heterocycles. The largest absolute Gasteiger partial charge is 0.398 e. The van der Waals surface area contributed by atoms with Crippen LogP contribution in [-0.4, -0.2) is 26.1 Å². The van der Waals surface area contributed by atoms with Crippen molar-refractivity contribution in [3.05, 3.63) is 23.2 Å². The molecule has 3 N–H and O–H groups in total. The van der Waals surface area contributed by atoms with Gasteiger partial charge in [-0.05, 0) is 25.0 Å². The molecule has 0 spiro atoms. The standard InChI is InChI=1S/C14H19ClN2O3S/c15-11-7-4-8-12(16)14(11)21(19,20)9-13(18)17-10-5-2-1-3-6-10/h4,7-8,10H,1-3,5-6,9,16H2,(H,17,18). The lowest BCUT2D eigenvalue weighted by molar-refractivity contribution is -0.119. The molecule has 0 atom stereocenters. The molecule has 1 aromatic rings. The van der Waals surface area contributed by atoms with Crippen molar-refractivity contribution in [3.8, 4) is 0 Å². The van der Waals surface area contributed by atoms with Crippen LogP contribution in [0.4, 0.5) is 5.69 Å². The Kier molecular flexibility index (Phi) is 5.11. The molecule has 1 saturated carbocycles. The van der Waals surface area contributed by atoms with E-state index in [1.165, 1.54) is 18.6 Å². The Labute approximate surface area is 129 Å². The second kappa shape index (κ2) is 6.66. The Balaban J connectivity index is 2.08. The van der Waals surface area contributed by atoms with Gasteiger partial charge in [0, 0.05) is 6.04 Å². The first-order valence-corrected chi connectivity index (χ1v) is 8.99. The molecule has 0 bridgehead atoms. The molecule has 1 aromatic carbocycles. The Bertz CT molecular complexity index is 605. The van der Waals surface area contributed by atoms with Crippen LogP contribution in [0.1, 0.15) is 32.1 Å². The van der Waals surface area contributed by atoms with Crippen molar-refractivity contribution >= 4 is 33.0 Å². The number of nitrogen functional groups attached to an aromatic ring is 1. The summed E-state index contributed by atoms with van der Waals surface area (Å²) in [5, 5.41) is 2.82. The SMILES string of the molecule is Nc1cccc(Cl)c1S(=O)(=O)CC(=O)NC1CCCCC1. The number of amides is 1. The molecule has 0 aliphatic heterocycles. The van der Waals surface area contributed by atoms with Gasteiger partial charge in [-0.3, -0.25) is 4.79 Å². The zero-order valence-corrected chi connectivity index (χ0v) is 13.2. The van der Waals surface area contributed by atoms with E-state index >= 15 is 0 Å². The minimum Gasteiger partial charge on any atom is -0.398 e. The van der Waals surface area contributed by atoms with Gasteiger partial charge < -0.3 is 11.1 Å². The number of rotatable bonds is 4. The van der Waals surface area contributed by atoms with Crippen LogP contribution >= 0.6 is 11.6 Å². The van der Waals surface area contributed by atoms with Gasteiger partial charge in [0.1, 0.15) is 10.6 Å². The normalized spacial score (nSPS) is 16.6. The van der Waals surface area contributed by atoms with Gasteiger partial charge in [-0.1, -0.05) is 36.9 Å². The molecule has 0 unspecified atom stereocenters. The fraction of sp³-hybridized carbons (Fsp3) is 0.500. The fourth-order valence-corrected chi connectivity index (χ4v) is 4.51. The van der Waals surface area contributed by atoms with Gasteiger partial charge in [0.15, 0.2) is 9.84 Å². The predicted octanol–water partition coefficient (Wildman–Crippen LogP) is 2.14. The van der Waals surface area contributed by atoms with Gasteiger partial charge in [-0.15, -0.1) is 0 Å². The van der Waals surface area contributed by atoms with E-state index in [1.54, 1.807) is 6.07 Å². The van der Waals surface area contributed by atoms with Crippen LogP contribution in [-0.2, 0) is 14.6 Å². The molecule has 1 fully saturated rings. The lowest BCUT2D eigenvalue weighted by Crippen LogP contribution is -2.39. The maximum atomic E-state index is 12.3. The van der Waals surface area contributed by atoms with Crippen molar-refractivity contribution in [2.45, 2.75) is 43.0 Å². The monoisotopic (exact) mass is 330 g/mol. The molecular formula is C14H19ClN2O3S. The Morgan fingerprint density at radius 3 is 2.57 bits per heavy atom. The Morgan fingerprint density at radius 1 is 1.29 bits per heavy atom. The van der Waals surface area contributed by atoms with E-state index in [0.717, 1.165) is 25.7 Å². The molecule has 2 rings (SSSR count). The van der Waals surface area contributed by atoms with E-state index in [0.29, 0.717) is 0 Å².